The highest BCUT2D eigenvalue weighted by Crippen LogP contribution is 2.39. The minimum atomic E-state index is -0.984. The van der Waals surface area contributed by atoms with Crippen LogP contribution >= 0.6 is 0 Å². The van der Waals surface area contributed by atoms with Crippen molar-refractivity contribution in [1.29, 1.82) is 0 Å². The summed E-state index contributed by atoms with van der Waals surface area (Å²) in [7, 11) is 0. The minimum Gasteiger partial charge on any atom is -0.476 e. The van der Waals surface area contributed by atoms with Gasteiger partial charge in [-0.25, -0.2) is 9.78 Å². The topological polar surface area (TPSA) is 108 Å². The lowest BCUT2D eigenvalue weighted by atomic mass is 9.84. The van der Waals surface area contributed by atoms with Gasteiger partial charge in [-0.2, -0.15) is 0 Å². The molecule has 0 amide bonds. The molecule has 0 unspecified atom stereocenters. The van der Waals surface area contributed by atoms with E-state index in [9.17, 15) is 9.90 Å². The molecule has 3 aliphatic rings. The Morgan fingerprint density at radius 1 is 0.818 bits per heavy atom. The van der Waals surface area contributed by atoms with Gasteiger partial charge in [0, 0.05) is 50.7 Å². The van der Waals surface area contributed by atoms with E-state index >= 15 is 0 Å². The maximum absolute atomic E-state index is 11.8. The van der Waals surface area contributed by atoms with Gasteiger partial charge in [0.2, 0.25) is 0 Å². The molecule has 44 heavy (non-hydrogen) atoms. The van der Waals surface area contributed by atoms with Crippen molar-refractivity contribution >= 4 is 11.7 Å². The summed E-state index contributed by atoms with van der Waals surface area (Å²) in [5.74, 6) is 0.589. The molecule has 7 nitrogen and oxygen atoms in total. The highest BCUT2D eigenvalue weighted by molar-refractivity contribution is 5.86. The zero-order chi connectivity index (χ0) is 30.9. The third-order valence-corrected chi connectivity index (χ3v) is 9.30. The Hall–Kier alpha value is -3.29. The number of nitrogen functional groups attached to an aromatic ring is 1. The van der Waals surface area contributed by atoms with Crippen LogP contribution in [0.1, 0.15) is 133 Å². The van der Waals surface area contributed by atoms with Crippen molar-refractivity contribution < 1.29 is 19.4 Å². The summed E-state index contributed by atoms with van der Waals surface area (Å²) in [6.07, 6.45) is 13.2. The van der Waals surface area contributed by atoms with Gasteiger partial charge in [0.15, 0.2) is 5.69 Å². The zero-order valence-corrected chi connectivity index (χ0v) is 26.5. The average molecular weight is 600 g/mol. The lowest BCUT2D eigenvalue weighted by Crippen LogP contribution is -2.17. The van der Waals surface area contributed by atoms with Gasteiger partial charge in [-0.3, -0.25) is 4.98 Å². The minimum absolute atomic E-state index is 0.114. The summed E-state index contributed by atoms with van der Waals surface area (Å²) in [5.41, 5.74) is 15.3. The van der Waals surface area contributed by atoms with Crippen molar-refractivity contribution in [3.05, 3.63) is 87.5 Å². The number of aromatic carboxylic acids is 1. The van der Waals surface area contributed by atoms with E-state index in [0.29, 0.717) is 29.9 Å². The highest BCUT2D eigenvalue weighted by atomic mass is 16.5. The SMILES string of the molecule is CCCc1c(Cc2ncc(C3CC3)nc2C(=O)O)cccc1C1CCOCC1.CCCc1c(N)cccc1C1CCOCC1. The Morgan fingerprint density at radius 2 is 1.39 bits per heavy atom. The fraction of sp³-hybridized carbons (Fsp3) is 0.541. The van der Waals surface area contributed by atoms with Crippen molar-refractivity contribution in [2.24, 2.45) is 0 Å². The third-order valence-electron chi connectivity index (χ3n) is 9.30. The Kier molecular flexibility index (Phi) is 11.4. The summed E-state index contributed by atoms with van der Waals surface area (Å²) in [6, 6.07) is 12.8. The van der Waals surface area contributed by atoms with Gasteiger partial charge in [0.05, 0.1) is 11.4 Å². The number of nitrogens with two attached hydrogens (primary N) is 1. The number of hydrogen-bond donors (Lipinski definition) is 2. The van der Waals surface area contributed by atoms with E-state index in [-0.39, 0.29) is 5.69 Å². The van der Waals surface area contributed by atoms with E-state index in [0.717, 1.165) is 102 Å². The monoisotopic (exact) mass is 599 g/mol. The molecule has 2 aliphatic heterocycles. The van der Waals surface area contributed by atoms with Crippen molar-refractivity contribution in [1.82, 2.24) is 9.97 Å². The molecule has 0 atom stereocenters. The number of nitrogens with zero attached hydrogens (tertiary/aromatic N) is 2. The number of carboxylic acid groups (broad SMARTS) is 1. The van der Waals surface area contributed by atoms with Crippen LogP contribution in [0.4, 0.5) is 5.69 Å². The number of carbonyl (C=O) groups is 1. The van der Waals surface area contributed by atoms with Crippen LogP contribution in [0.5, 0.6) is 0 Å². The number of ether oxygens (including phenoxy) is 2. The molecule has 3 heterocycles. The first-order valence-electron chi connectivity index (χ1n) is 16.7. The third kappa shape index (κ3) is 8.05. The highest BCUT2D eigenvalue weighted by Gasteiger charge is 2.28. The van der Waals surface area contributed by atoms with Crippen LogP contribution in [-0.2, 0) is 28.7 Å². The summed E-state index contributed by atoms with van der Waals surface area (Å²) < 4.78 is 11.0. The molecule has 3 fully saturated rings. The van der Waals surface area contributed by atoms with Crippen molar-refractivity contribution in [3.63, 3.8) is 0 Å². The number of rotatable bonds is 10. The molecule has 0 bridgehead atoms. The van der Waals surface area contributed by atoms with E-state index in [1.54, 1.807) is 6.20 Å². The molecular formula is C37H49N3O4. The van der Waals surface area contributed by atoms with E-state index in [4.69, 9.17) is 15.2 Å². The molecule has 7 heteroatoms. The predicted octanol–water partition coefficient (Wildman–Crippen LogP) is 7.60. The summed E-state index contributed by atoms with van der Waals surface area (Å²) >= 11 is 0. The van der Waals surface area contributed by atoms with Gasteiger partial charge >= 0.3 is 5.97 Å². The van der Waals surface area contributed by atoms with Crippen LogP contribution in [0.3, 0.4) is 0 Å². The standard InChI is InChI=1S/C23H28N2O3.C14H21NO/c1-2-4-18-17(5-3-6-19(18)15-9-11-28-12-10-15)13-20-22(23(26)27)25-21(14-24-20)16-7-8-16;1-2-4-13-12(5-3-6-14(13)15)11-7-9-16-10-8-11/h3,5-6,14-16H,2,4,7-13H2,1H3,(H,26,27);3,5-6,11H,2,4,7-10,15H2,1H3. The Morgan fingerprint density at radius 3 is 1.95 bits per heavy atom. The van der Waals surface area contributed by atoms with Crippen molar-refractivity contribution in [3.8, 4) is 0 Å². The molecule has 0 radical (unpaired) electrons. The fourth-order valence-electron chi connectivity index (χ4n) is 6.80. The van der Waals surface area contributed by atoms with Crippen molar-refractivity contribution in [2.45, 2.75) is 102 Å². The summed E-state index contributed by atoms with van der Waals surface area (Å²) in [5, 5.41) is 9.69. The van der Waals surface area contributed by atoms with Crippen LogP contribution in [0, 0.1) is 0 Å². The Labute approximate surface area is 262 Å². The molecule has 1 aromatic heterocycles. The molecule has 2 aromatic carbocycles. The van der Waals surface area contributed by atoms with Gasteiger partial charge < -0.3 is 20.3 Å². The number of benzene rings is 2. The second-order valence-corrected chi connectivity index (χ2v) is 12.5. The molecule has 3 aromatic rings. The fourth-order valence-corrected chi connectivity index (χ4v) is 6.80. The Bertz CT molecular complexity index is 1390. The molecule has 3 N–H and O–H groups in total. The predicted molar refractivity (Wildman–Crippen MR) is 175 cm³/mol. The van der Waals surface area contributed by atoms with E-state index in [2.05, 4.69) is 54.1 Å². The largest absolute Gasteiger partial charge is 0.476 e. The van der Waals surface area contributed by atoms with E-state index in [1.807, 2.05) is 6.07 Å². The summed E-state index contributed by atoms with van der Waals surface area (Å²) in [4.78, 5) is 20.8. The lowest BCUT2D eigenvalue weighted by molar-refractivity contribution is 0.0688. The van der Waals surface area contributed by atoms with Crippen molar-refractivity contribution in [2.75, 3.05) is 32.2 Å². The number of aromatic nitrogens is 2. The van der Waals surface area contributed by atoms with Gasteiger partial charge in [0.1, 0.15) is 0 Å². The maximum atomic E-state index is 11.8. The Balaban J connectivity index is 0.000000204. The van der Waals surface area contributed by atoms with E-state index in [1.165, 1.54) is 27.8 Å². The van der Waals surface area contributed by atoms with Crippen LogP contribution in [0.25, 0.3) is 0 Å². The molecule has 2 saturated heterocycles. The number of hydrogen-bond acceptors (Lipinski definition) is 6. The zero-order valence-electron chi connectivity index (χ0n) is 26.5. The van der Waals surface area contributed by atoms with E-state index < -0.39 is 5.97 Å². The smallest absolute Gasteiger partial charge is 0.356 e. The van der Waals surface area contributed by atoms with Gasteiger partial charge in [0.25, 0.3) is 0 Å². The van der Waals surface area contributed by atoms with Crippen LogP contribution in [-0.4, -0.2) is 47.5 Å². The summed E-state index contributed by atoms with van der Waals surface area (Å²) in [6.45, 7) is 7.82. The molecule has 236 valence electrons. The second kappa shape index (κ2) is 15.6. The van der Waals surface area contributed by atoms with Gasteiger partial charge in [-0.05, 0) is 97.1 Å². The van der Waals surface area contributed by atoms with Gasteiger partial charge in [-0.1, -0.05) is 57.0 Å². The lowest BCUT2D eigenvalue weighted by Gasteiger charge is -2.26. The molecular weight excluding hydrogens is 550 g/mol. The maximum Gasteiger partial charge on any atom is 0.356 e. The molecule has 6 rings (SSSR count). The van der Waals surface area contributed by atoms with Crippen LogP contribution in [0.15, 0.2) is 42.6 Å². The first-order chi connectivity index (χ1) is 21.5. The first-order valence-corrected chi connectivity index (χ1v) is 16.7. The molecule has 1 saturated carbocycles. The quantitative estimate of drug-likeness (QED) is 0.231. The van der Waals surface area contributed by atoms with Crippen LogP contribution in [0.2, 0.25) is 0 Å². The van der Waals surface area contributed by atoms with Crippen LogP contribution < -0.4 is 5.73 Å². The van der Waals surface area contributed by atoms with Gasteiger partial charge in [-0.15, -0.1) is 0 Å². The second-order valence-electron chi connectivity index (χ2n) is 12.5. The first kappa shape index (κ1) is 32.1. The number of anilines is 1. The molecule has 0 spiro atoms. The number of carboxylic acids is 1. The molecule has 1 aliphatic carbocycles. The average Bonchev–Trinajstić information content (AvgIpc) is 3.90. The normalized spacial score (nSPS) is 17.6.